The lowest BCUT2D eigenvalue weighted by molar-refractivity contribution is -0.128. The van der Waals surface area contributed by atoms with Crippen molar-refractivity contribution in [2.24, 2.45) is 0 Å². The zero-order valence-corrected chi connectivity index (χ0v) is 15.1. The zero-order valence-electron chi connectivity index (χ0n) is 15.1. The first-order valence-electron chi connectivity index (χ1n) is 9.61. The van der Waals surface area contributed by atoms with Crippen LogP contribution in [0.3, 0.4) is 0 Å². The largest absolute Gasteiger partial charge is 0.364 e. The minimum absolute atomic E-state index is 0.00501. The average molecular weight is 362 g/mol. The molecule has 1 saturated heterocycles. The minimum atomic E-state index is -0.0427. The molecule has 1 aliphatic carbocycles. The van der Waals surface area contributed by atoms with Gasteiger partial charge in [0.1, 0.15) is 5.82 Å². The maximum absolute atomic E-state index is 13.2. The number of pyridine rings is 1. The third kappa shape index (κ3) is 2.95. The van der Waals surface area contributed by atoms with Crippen LogP contribution in [0.5, 0.6) is 0 Å². The van der Waals surface area contributed by atoms with E-state index in [0.29, 0.717) is 36.9 Å². The molecule has 6 nitrogen and oxygen atoms in total. The third-order valence-electron chi connectivity index (χ3n) is 5.66. The van der Waals surface area contributed by atoms with E-state index >= 15 is 0 Å². The van der Waals surface area contributed by atoms with E-state index in [1.165, 1.54) is 5.56 Å². The van der Waals surface area contributed by atoms with Crippen LogP contribution in [0.4, 0.5) is 11.5 Å². The summed E-state index contributed by atoms with van der Waals surface area (Å²) in [4.78, 5) is 33.6. The fourth-order valence-electron chi connectivity index (χ4n) is 4.15. The normalized spacial score (nSPS) is 21.5. The molecular formula is C21H22N4O2. The summed E-state index contributed by atoms with van der Waals surface area (Å²) in [7, 11) is 0. The Balaban J connectivity index is 1.37. The first-order valence-corrected chi connectivity index (χ1v) is 9.61. The van der Waals surface area contributed by atoms with Crippen molar-refractivity contribution in [2.45, 2.75) is 37.8 Å². The van der Waals surface area contributed by atoms with Crippen molar-refractivity contribution >= 4 is 23.3 Å². The highest BCUT2D eigenvalue weighted by molar-refractivity contribution is 6.10. The van der Waals surface area contributed by atoms with Gasteiger partial charge in [0, 0.05) is 37.4 Å². The summed E-state index contributed by atoms with van der Waals surface area (Å²) in [6, 6.07) is 12.1. The molecule has 0 bridgehead atoms. The lowest BCUT2D eigenvalue weighted by Gasteiger charge is -2.21. The number of carbonyl (C=O) groups excluding carboxylic acids is 2. The predicted molar refractivity (Wildman–Crippen MR) is 103 cm³/mol. The number of para-hydroxylation sites is 1. The summed E-state index contributed by atoms with van der Waals surface area (Å²) in [6.07, 6.45) is 5.25. The Labute approximate surface area is 158 Å². The van der Waals surface area contributed by atoms with Gasteiger partial charge in [-0.1, -0.05) is 18.2 Å². The number of amides is 2. The van der Waals surface area contributed by atoms with Gasteiger partial charge < -0.3 is 15.1 Å². The number of hydrogen-bond acceptors (Lipinski definition) is 4. The van der Waals surface area contributed by atoms with Crippen molar-refractivity contribution in [1.82, 2.24) is 9.88 Å². The number of likely N-dealkylation sites (tertiary alicyclic amines) is 1. The average Bonchev–Trinajstić information content (AvgIpc) is 3.33. The molecule has 5 rings (SSSR count). The molecule has 1 atom stereocenters. The minimum Gasteiger partial charge on any atom is -0.364 e. The van der Waals surface area contributed by atoms with Gasteiger partial charge in [0.2, 0.25) is 5.91 Å². The number of anilines is 2. The zero-order chi connectivity index (χ0) is 18.4. The van der Waals surface area contributed by atoms with Gasteiger partial charge in [-0.3, -0.25) is 9.59 Å². The first kappa shape index (κ1) is 16.3. The summed E-state index contributed by atoms with van der Waals surface area (Å²) < 4.78 is 0. The molecular weight excluding hydrogens is 340 g/mol. The summed E-state index contributed by atoms with van der Waals surface area (Å²) >= 11 is 0. The van der Waals surface area contributed by atoms with Crippen LogP contribution in [0.2, 0.25) is 0 Å². The van der Waals surface area contributed by atoms with E-state index in [4.69, 9.17) is 0 Å². The van der Waals surface area contributed by atoms with Crippen LogP contribution in [0.1, 0.15) is 35.2 Å². The number of carbonyl (C=O) groups is 2. The van der Waals surface area contributed by atoms with E-state index < -0.39 is 0 Å². The maximum Gasteiger partial charge on any atom is 0.262 e. The van der Waals surface area contributed by atoms with Crippen molar-refractivity contribution in [3.05, 3.63) is 53.7 Å². The topological polar surface area (TPSA) is 65.5 Å². The van der Waals surface area contributed by atoms with Gasteiger partial charge in [-0.05, 0) is 43.0 Å². The van der Waals surface area contributed by atoms with E-state index in [1.54, 1.807) is 12.3 Å². The van der Waals surface area contributed by atoms with E-state index in [-0.39, 0.29) is 17.9 Å². The van der Waals surface area contributed by atoms with E-state index in [2.05, 4.69) is 16.4 Å². The molecule has 1 aromatic heterocycles. The van der Waals surface area contributed by atoms with E-state index in [1.807, 2.05) is 34.1 Å². The van der Waals surface area contributed by atoms with Gasteiger partial charge >= 0.3 is 0 Å². The van der Waals surface area contributed by atoms with Gasteiger partial charge in [-0.2, -0.15) is 0 Å². The van der Waals surface area contributed by atoms with Crippen LogP contribution < -0.4 is 10.2 Å². The Kier molecular flexibility index (Phi) is 3.85. The van der Waals surface area contributed by atoms with Gasteiger partial charge in [-0.25, -0.2) is 4.98 Å². The Bertz CT molecular complexity index is 909. The van der Waals surface area contributed by atoms with Crippen molar-refractivity contribution in [2.75, 3.05) is 23.3 Å². The maximum atomic E-state index is 13.2. The number of nitrogens with zero attached hydrogens (tertiary/aromatic N) is 3. The van der Waals surface area contributed by atoms with Crippen LogP contribution in [-0.4, -0.2) is 46.9 Å². The molecule has 6 heteroatoms. The third-order valence-corrected chi connectivity index (χ3v) is 5.66. The van der Waals surface area contributed by atoms with E-state index in [0.717, 1.165) is 24.9 Å². The SMILES string of the molecule is O=C(c1cccnc1NC1CC(=O)N(C2CC2)C1)N1CCc2ccccc21. The highest BCUT2D eigenvalue weighted by Gasteiger charge is 2.39. The number of hydrogen-bond donors (Lipinski definition) is 1. The lowest BCUT2D eigenvalue weighted by atomic mass is 10.1. The number of nitrogens with one attached hydrogen (secondary N) is 1. The number of rotatable bonds is 4. The molecule has 2 fully saturated rings. The van der Waals surface area contributed by atoms with Crippen molar-refractivity contribution in [3.63, 3.8) is 0 Å². The smallest absolute Gasteiger partial charge is 0.262 e. The van der Waals surface area contributed by atoms with Gasteiger partial charge in [-0.15, -0.1) is 0 Å². The fourth-order valence-corrected chi connectivity index (χ4v) is 4.15. The van der Waals surface area contributed by atoms with Crippen LogP contribution in [0, 0.1) is 0 Å². The Hall–Kier alpha value is -2.89. The molecule has 3 heterocycles. The van der Waals surface area contributed by atoms with Crippen molar-refractivity contribution < 1.29 is 9.59 Å². The predicted octanol–water partition coefficient (Wildman–Crippen LogP) is 2.46. The second kappa shape index (κ2) is 6.37. The molecule has 0 radical (unpaired) electrons. The quantitative estimate of drug-likeness (QED) is 0.907. The molecule has 1 saturated carbocycles. The molecule has 1 aromatic carbocycles. The van der Waals surface area contributed by atoms with Gasteiger partial charge in [0.25, 0.3) is 5.91 Å². The molecule has 1 unspecified atom stereocenters. The molecule has 1 N–H and O–H groups in total. The highest BCUT2D eigenvalue weighted by Crippen LogP contribution is 2.33. The molecule has 2 aromatic rings. The van der Waals surface area contributed by atoms with Gasteiger partial charge in [0.15, 0.2) is 0 Å². The Morgan fingerprint density at radius 3 is 2.85 bits per heavy atom. The number of benzene rings is 1. The molecule has 2 aliphatic heterocycles. The first-order chi connectivity index (χ1) is 13.2. The van der Waals surface area contributed by atoms with Gasteiger partial charge in [0.05, 0.1) is 11.6 Å². The van der Waals surface area contributed by atoms with Crippen LogP contribution in [0.15, 0.2) is 42.6 Å². The second-order valence-electron chi connectivity index (χ2n) is 7.56. The van der Waals surface area contributed by atoms with E-state index in [9.17, 15) is 9.59 Å². The Morgan fingerprint density at radius 1 is 1.15 bits per heavy atom. The van der Waals surface area contributed by atoms with Crippen molar-refractivity contribution in [1.29, 1.82) is 0 Å². The summed E-state index contributed by atoms with van der Waals surface area (Å²) in [5.74, 6) is 0.730. The summed E-state index contributed by atoms with van der Waals surface area (Å²) in [5, 5.41) is 3.36. The van der Waals surface area contributed by atoms with Crippen LogP contribution >= 0.6 is 0 Å². The molecule has 27 heavy (non-hydrogen) atoms. The van der Waals surface area contributed by atoms with Crippen molar-refractivity contribution in [3.8, 4) is 0 Å². The molecule has 3 aliphatic rings. The standard InChI is InChI=1S/C21H22N4O2/c26-19-12-15(13-25(19)16-7-8-16)23-20-17(5-3-10-22-20)21(27)24-11-9-14-4-1-2-6-18(14)24/h1-6,10,15-16H,7-9,11-13H2,(H,22,23). The number of fused-ring (bicyclic) bond motifs is 1. The summed E-state index contributed by atoms with van der Waals surface area (Å²) in [5.41, 5.74) is 2.74. The van der Waals surface area contributed by atoms with Crippen LogP contribution in [-0.2, 0) is 11.2 Å². The second-order valence-corrected chi connectivity index (χ2v) is 7.56. The monoisotopic (exact) mass is 362 g/mol. The lowest BCUT2D eigenvalue weighted by Crippen LogP contribution is -2.32. The molecule has 0 spiro atoms. The Morgan fingerprint density at radius 2 is 2.00 bits per heavy atom. The fraction of sp³-hybridized carbons (Fsp3) is 0.381. The summed E-state index contributed by atoms with van der Waals surface area (Å²) in [6.45, 7) is 1.38. The molecule has 2 amide bonds. The molecule has 138 valence electrons. The number of aromatic nitrogens is 1. The highest BCUT2D eigenvalue weighted by atomic mass is 16.2. The van der Waals surface area contributed by atoms with Crippen LogP contribution in [0.25, 0.3) is 0 Å².